The summed E-state index contributed by atoms with van der Waals surface area (Å²) in [6, 6.07) is 4.95. The van der Waals surface area contributed by atoms with Crippen LogP contribution in [0.15, 0.2) is 23.2 Å². The summed E-state index contributed by atoms with van der Waals surface area (Å²) in [4.78, 5) is 15.1. The highest BCUT2D eigenvalue weighted by Crippen LogP contribution is 2.44. The van der Waals surface area contributed by atoms with Crippen LogP contribution in [0.25, 0.3) is 0 Å². The van der Waals surface area contributed by atoms with E-state index in [1.165, 1.54) is 13.0 Å². The molecule has 1 saturated carbocycles. The van der Waals surface area contributed by atoms with E-state index in [2.05, 4.69) is 15.6 Å². The second kappa shape index (κ2) is 7.51. The van der Waals surface area contributed by atoms with E-state index in [0.29, 0.717) is 6.61 Å². The molecule has 130 valence electrons. The SMILES string of the molecule is CC(=O)OC1CC1c1ccc(OCCCNC2=NCCN2)c(F)c1. The van der Waals surface area contributed by atoms with E-state index < -0.39 is 0 Å². The highest BCUT2D eigenvalue weighted by Gasteiger charge is 2.41. The van der Waals surface area contributed by atoms with Crippen molar-refractivity contribution in [1.29, 1.82) is 0 Å². The first kappa shape index (κ1) is 16.5. The van der Waals surface area contributed by atoms with Crippen LogP contribution in [0.1, 0.15) is 31.2 Å². The van der Waals surface area contributed by atoms with Crippen molar-refractivity contribution < 1.29 is 18.7 Å². The number of carbonyl (C=O) groups excluding carboxylic acids is 1. The first-order valence-electron chi connectivity index (χ1n) is 8.25. The molecule has 3 rings (SSSR count). The van der Waals surface area contributed by atoms with Crippen molar-refractivity contribution in [2.75, 3.05) is 26.2 Å². The molecule has 0 saturated heterocycles. The molecule has 1 aromatic carbocycles. The zero-order valence-electron chi connectivity index (χ0n) is 13.7. The van der Waals surface area contributed by atoms with Gasteiger partial charge in [0.1, 0.15) is 6.10 Å². The Hall–Kier alpha value is -2.31. The van der Waals surface area contributed by atoms with Gasteiger partial charge in [-0.25, -0.2) is 4.39 Å². The fourth-order valence-corrected chi connectivity index (χ4v) is 2.71. The van der Waals surface area contributed by atoms with E-state index in [0.717, 1.165) is 44.0 Å². The zero-order chi connectivity index (χ0) is 16.9. The van der Waals surface area contributed by atoms with Gasteiger partial charge in [-0.05, 0) is 30.5 Å². The van der Waals surface area contributed by atoms with E-state index in [1.54, 1.807) is 6.07 Å². The summed E-state index contributed by atoms with van der Waals surface area (Å²) in [5, 5.41) is 6.28. The summed E-state index contributed by atoms with van der Waals surface area (Å²) in [6.45, 7) is 4.20. The number of halogens is 1. The lowest BCUT2D eigenvalue weighted by Gasteiger charge is -2.10. The number of guanidine groups is 1. The molecule has 6 nitrogen and oxygen atoms in total. The summed E-state index contributed by atoms with van der Waals surface area (Å²) >= 11 is 0. The Kier molecular flexibility index (Phi) is 5.17. The minimum Gasteiger partial charge on any atom is -0.490 e. The van der Waals surface area contributed by atoms with Crippen LogP contribution >= 0.6 is 0 Å². The first-order valence-corrected chi connectivity index (χ1v) is 8.25. The van der Waals surface area contributed by atoms with Gasteiger partial charge in [0.25, 0.3) is 0 Å². The van der Waals surface area contributed by atoms with Gasteiger partial charge in [0, 0.05) is 25.9 Å². The van der Waals surface area contributed by atoms with Gasteiger partial charge in [-0.2, -0.15) is 0 Å². The number of nitrogens with one attached hydrogen (secondary N) is 2. The maximum atomic E-state index is 14.1. The molecular weight excluding hydrogens is 313 g/mol. The van der Waals surface area contributed by atoms with Gasteiger partial charge in [0.2, 0.25) is 0 Å². The third kappa shape index (κ3) is 4.37. The van der Waals surface area contributed by atoms with Crippen LogP contribution in [-0.4, -0.2) is 44.3 Å². The molecule has 2 aliphatic rings. The minimum absolute atomic E-state index is 0.0985. The van der Waals surface area contributed by atoms with Crippen molar-refractivity contribution in [1.82, 2.24) is 10.6 Å². The lowest BCUT2D eigenvalue weighted by molar-refractivity contribution is -0.142. The molecule has 0 bridgehead atoms. The van der Waals surface area contributed by atoms with E-state index in [1.807, 2.05) is 6.07 Å². The second-order valence-corrected chi connectivity index (χ2v) is 5.97. The fourth-order valence-electron chi connectivity index (χ4n) is 2.71. The molecule has 24 heavy (non-hydrogen) atoms. The molecule has 1 aliphatic carbocycles. The van der Waals surface area contributed by atoms with Crippen molar-refractivity contribution in [3.63, 3.8) is 0 Å². The van der Waals surface area contributed by atoms with Gasteiger partial charge >= 0.3 is 5.97 Å². The van der Waals surface area contributed by atoms with Crippen LogP contribution in [0.5, 0.6) is 5.75 Å². The number of esters is 1. The summed E-state index contributed by atoms with van der Waals surface area (Å²) in [5.74, 6) is 0.490. The Morgan fingerprint density at radius 2 is 2.38 bits per heavy atom. The monoisotopic (exact) mass is 335 g/mol. The number of ether oxygens (including phenoxy) is 2. The molecule has 2 unspecified atom stereocenters. The molecule has 0 radical (unpaired) electrons. The molecule has 0 spiro atoms. The highest BCUT2D eigenvalue weighted by atomic mass is 19.1. The molecule has 7 heteroatoms. The Morgan fingerprint density at radius 1 is 1.50 bits per heavy atom. The summed E-state index contributed by atoms with van der Waals surface area (Å²) in [7, 11) is 0. The van der Waals surface area contributed by atoms with Crippen LogP contribution in [0, 0.1) is 5.82 Å². The largest absolute Gasteiger partial charge is 0.490 e. The van der Waals surface area contributed by atoms with Crippen LogP contribution in [-0.2, 0) is 9.53 Å². The normalized spacial score (nSPS) is 21.7. The smallest absolute Gasteiger partial charge is 0.302 e. The van der Waals surface area contributed by atoms with Gasteiger partial charge < -0.3 is 20.1 Å². The van der Waals surface area contributed by atoms with Gasteiger partial charge in [0.05, 0.1) is 13.2 Å². The molecule has 0 aromatic heterocycles. The topological polar surface area (TPSA) is 72.0 Å². The summed E-state index contributed by atoms with van der Waals surface area (Å²) in [6.07, 6.45) is 1.38. The molecule has 1 heterocycles. The standard InChI is InChI=1S/C17H22FN3O3/c1-11(22)24-16-10-13(16)12-3-4-15(14(18)9-12)23-8-2-5-19-17-20-6-7-21-17/h3-4,9,13,16H,2,5-8,10H2,1H3,(H2,19,20,21). The Labute approximate surface area is 140 Å². The van der Waals surface area contributed by atoms with E-state index >= 15 is 0 Å². The van der Waals surface area contributed by atoms with E-state index in [-0.39, 0.29) is 29.6 Å². The predicted molar refractivity (Wildman–Crippen MR) is 87.7 cm³/mol. The lowest BCUT2D eigenvalue weighted by atomic mass is 10.1. The average molecular weight is 335 g/mol. The number of hydrogen-bond acceptors (Lipinski definition) is 6. The summed E-state index contributed by atoms with van der Waals surface area (Å²) < 4.78 is 24.7. The lowest BCUT2D eigenvalue weighted by Crippen LogP contribution is -2.34. The van der Waals surface area contributed by atoms with E-state index in [4.69, 9.17) is 9.47 Å². The van der Waals surface area contributed by atoms with Crippen molar-refractivity contribution in [3.05, 3.63) is 29.6 Å². The maximum Gasteiger partial charge on any atom is 0.302 e. The minimum atomic E-state index is -0.379. The number of nitrogens with zero attached hydrogens (tertiary/aromatic N) is 1. The first-order chi connectivity index (χ1) is 11.6. The molecule has 1 aliphatic heterocycles. The summed E-state index contributed by atoms with van der Waals surface area (Å²) in [5.41, 5.74) is 0.845. The molecule has 2 atom stereocenters. The number of aliphatic imine (C=N–C) groups is 1. The molecule has 1 fully saturated rings. The van der Waals surface area contributed by atoms with Gasteiger partial charge in [-0.3, -0.25) is 9.79 Å². The van der Waals surface area contributed by atoms with E-state index in [9.17, 15) is 9.18 Å². The van der Waals surface area contributed by atoms with Gasteiger partial charge in [-0.1, -0.05) is 6.07 Å². The molecular formula is C17H22FN3O3. The van der Waals surface area contributed by atoms with Crippen LogP contribution in [0.3, 0.4) is 0 Å². The number of carbonyl (C=O) groups is 1. The molecule has 1 aromatic rings. The van der Waals surface area contributed by atoms with Gasteiger partial charge in [-0.15, -0.1) is 0 Å². The third-order valence-corrected chi connectivity index (χ3v) is 3.98. The fraction of sp³-hybridized carbons (Fsp3) is 0.529. The third-order valence-electron chi connectivity index (χ3n) is 3.98. The zero-order valence-corrected chi connectivity index (χ0v) is 13.7. The molecule has 0 amide bonds. The number of hydrogen-bond donors (Lipinski definition) is 2. The van der Waals surface area contributed by atoms with Crippen LogP contribution < -0.4 is 15.4 Å². The van der Waals surface area contributed by atoms with Crippen molar-refractivity contribution in [3.8, 4) is 5.75 Å². The highest BCUT2D eigenvalue weighted by molar-refractivity contribution is 5.81. The maximum absolute atomic E-state index is 14.1. The quantitative estimate of drug-likeness (QED) is 0.584. The van der Waals surface area contributed by atoms with Crippen LogP contribution in [0.2, 0.25) is 0 Å². The van der Waals surface area contributed by atoms with Crippen molar-refractivity contribution >= 4 is 11.9 Å². The predicted octanol–water partition coefficient (Wildman–Crippen LogP) is 1.56. The van der Waals surface area contributed by atoms with Crippen molar-refractivity contribution in [2.24, 2.45) is 4.99 Å². The average Bonchev–Trinajstić information content (AvgIpc) is 3.09. The van der Waals surface area contributed by atoms with Gasteiger partial charge in [0.15, 0.2) is 17.5 Å². The molecule has 2 N–H and O–H groups in total. The Morgan fingerprint density at radius 3 is 3.08 bits per heavy atom. The number of rotatable bonds is 7. The second-order valence-electron chi connectivity index (χ2n) is 5.97. The van der Waals surface area contributed by atoms with Crippen LogP contribution in [0.4, 0.5) is 4.39 Å². The number of benzene rings is 1. The Bertz CT molecular complexity index is 636. The van der Waals surface area contributed by atoms with Crippen molar-refractivity contribution in [2.45, 2.75) is 31.8 Å². The Balaban J connectivity index is 1.41.